The van der Waals surface area contributed by atoms with Crippen LogP contribution in [0.3, 0.4) is 0 Å². The standard InChI is InChI=1S/C65H75ClF3N5O7S4Si/c1-63(2,3)83(76)71-61(58-26-18-17-25-57(58)47-27-31-50(66)32-28-47)48-37-41-74(42-38-48)52-33-29-49(30-34-52)62(75)72-85(79,80)54-35-36-59(60(45-54)84(77,78)65(67,68)69)70-51(46-82-53-19-11-8-12-20-53)39-40-73(7)43-44-81-86(64(4,5)6,55-21-13-9-14-22-55)56-23-15-10-16-24-56/h8-36,45,48,51,61,70-71H,37-44,46H2,1-7H3,(H,72,75)/t51-,61-,83?/m1/s1. The Labute approximate surface area is 519 Å². The first-order valence-corrected chi connectivity index (χ1v) is 35.8. The normalized spacial score (nSPS) is 15.1. The van der Waals surface area contributed by atoms with E-state index in [2.05, 4.69) is 77.0 Å². The number of nitrogens with one attached hydrogen (secondary N) is 3. The van der Waals surface area contributed by atoms with E-state index in [9.17, 15) is 39.4 Å². The molecule has 3 N–H and O–H groups in total. The Balaban J connectivity index is 0.959. The second-order valence-corrected chi connectivity index (χ2v) is 35.0. The van der Waals surface area contributed by atoms with Gasteiger partial charge in [-0.15, -0.1) is 16.5 Å². The number of likely N-dealkylation sites (N-methyl/N-ethyl adjacent to an activating group) is 1. The zero-order valence-electron chi connectivity index (χ0n) is 49.3. The number of sulfone groups is 1. The molecule has 21 heteroatoms. The molecule has 86 heavy (non-hydrogen) atoms. The quantitative estimate of drug-likeness (QED) is 0.0299. The van der Waals surface area contributed by atoms with Gasteiger partial charge in [-0.3, -0.25) is 4.79 Å². The van der Waals surface area contributed by atoms with Gasteiger partial charge >= 0.3 is 5.51 Å². The molecule has 0 aliphatic carbocycles. The van der Waals surface area contributed by atoms with Crippen LogP contribution >= 0.6 is 23.4 Å². The van der Waals surface area contributed by atoms with Gasteiger partial charge in [0.25, 0.3) is 34.1 Å². The zero-order chi connectivity index (χ0) is 62.1. The van der Waals surface area contributed by atoms with Crippen molar-refractivity contribution < 1.29 is 43.8 Å². The van der Waals surface area contributed by atoms with Gasteiger partial charge in [-0.05, 0) is 158 Å². The molecule has 1 fully saturated rings. The minimum Gasteiger partial charge on any atom is -0.598 e. The predicted molar refractivity (Wildman–Crippen MR) is 347 cm³/mol. The third kappa shape index (κ3) is 16.2. The average Bonchev–Trinajstić information content (AvgIpc) is 0.880. The van der Waals surface area contributed by atoms with E-state index in [-0.39, 0.29) is 22.6 Å². The first kappa shape index (κ1) is 66.3. The van der Waals surface area contributed by atoms with Crippen molar-refractivity contribution in [2.75, 3.05) is 55.8 Å². The summed E-state index contributed by atoms with van der Waals surface area (Å²) in [6.07, 6.45) is 1.79. The molecule has 0 saturated carbocycles. The lowest BCUT2D eigenvalue weighted by molar-refractivity contribution is -0.0436. The molecule has 1 aliphatic heterocycles. The molecular weight excluding hydrogens is 1210 g/mol. The molecule has 7 aromatic rings. The first-order valence-electron chi connectivity index (χ1n) is 28.5. The molecule has 3 atom stereocenters. The predicted octanol–water partition coefficient (Wildman–Crippen LogP) is 12.9. The van der Waals surface area contributed by atoms with Crippen molar-refractivity contribution in [1.82, 2.24) is 14.3 Å². The van der Waals surface area contributed by atoms with Crippen LogP contribution in [0.1, 0.15) is 82.8 Å². The maximum absolute atomic E-state index is 14.6. The maximum Gasteiger partial charge on any atom is 0.501 e. The molecule has 1 amide bonds. The molecule has 1 heterocycles. The number of piperidine rings is 1. The third-order valence-electron chi connectivity index (χ3n) is 15.5. The zero-order valence-corrected chi connectivity index (χ0v) is 54.3. The van der Waals surface area contributed by atoms with E-state index in [1.165, 1.54) is 23.9 Å². The lowest BCUT2D eigenvalue weighted by Gasteiger charge is -2.43. The van der Waals surface area contributed by atoms with Gasteiger partial charge in [0, 0.05) is 70.6 Å². The summed E-state index contributed by atoms with van der Waals surface area (Å²) < 4.78 is 124. The first-order chi connectivity index (χ1) is 40.7. The molecule has 458 valence electrons. The van der Waals surface area contributed by atoms with Crippen LogP contribution in [0.25, 0.3) is 11.1 Å². The highest BCUT2D eigenvalue weighted by atomic mass is 35.5. The van der Waals surface area contributed by atoms with Gasteiger partial charge in [-0.25, -0.2) is 21.6 Å². The van der Waals surface area contributed by atoms with Gasteiger partial charge in [0.1, 0.15) is 9.64 Å². The lowest BCUT2D eigenvalue weighted by atomic mass is 9.83. The summed E-state index contributed by atoms with van der Waals surface area (Å²) in [6, 6.07) is 53.4. The largest absolute Gasteiger partial charge is 0.598 e. The molecule has 0 radical (unpaired) electrons. The molecule has 0 bridgehead atoms. The monoisotopic (exact) mass is 1290 g/mol. The Kier molecular flexibility index (Phi) is 21.8. The van der Waals surface area contributed by atoms with Gasteiger partial charge in [0.15, 0.2) is 0 Å². The Morgan fingerprint density at radius 3 is 1.91 bits per heavy atom. The second kappa shape index (κ2) is 28.2. The van der Waals surface area contributed by atoms with Crippen molar-refractivity contribution in [1.29, 1.82) is 0 Å². The van der Waals surface area contributed by atoms with Crippen LogP contribution in [-0.2, 0) is 35.6 Å². The third-order valence-corrected chi connectivity index (χ3v) is 26.4. The number of rotatable bonds is 24. The average molecular weight is 1290 g/mol. The Morgan fingerprint density at radius 1 is 0.767 bits per heavy atom. The topological polar surface area (TPSA) is 160 Å². The van der Waals surface area contributed by atoms with Gasteiger partial charge in [-0.1, -0.05) is 148 Å². The van der Waals surface area contributed by atoms with Gasteiger partial charge in [0.2, 0.25) is 0 Å². The summed E-state index contributed by atoms with van der Waals surface area (Å²) >= 11 is 6.28. The number of nitrogens with zero attached hydrogens (tertiary/aromatic N) is 2. The van der Waals surface area contributed by atoms with Crippen molar-refractivity contribution >= 4 is 90.6 Å². The van der Waals surface area contributed by atoms with Crippen LogP contribution in [0.4, 0.5) is 24.5 Å². The number of benzene rings is 7. The highest BCUT2D eigenvalue weighted by Gasteiger charge is 2.51. The Bertz CT molecular complexity index is 3560. The van der Waals surface area contributed by atoms with Crippen LogP contribution in [0.2, 0.25) is 10.1 Å². The number of hydrogen-bond donors (Lipinski definition) is 3. The van der Waals surface area contributed by atoms with Crippen LogP contribution < -0.4 is 30.0 Å². The van der Waals surface area contributed by atoms with Gasteiger partial charge in [0.05, 0.1) is 16.6 Å². The molecule has 1 saturated heterocycles. The summed E-state index contributed by atoms with van der Waals surface area (Å²) in [5, 5.41) is 5.69. The minimum absolute atomic E-state index is 0.0559. The van der Waals surface area contributed by atoms with Crippen molar-refractivity contribution in [3.63, 3.8) is 0 Å². The van der Waals surface area contributed by atoms with E-state index >= 15 is 0 Å². The van der Waals surface area contributed by atoms with Crippen LogP contribution in [0.5, 0.6) is 0 Å². The van der Waals surface area contributed by atoms with Crippen molar-refractivity contribution in [3.05, 3.63) is 198 Å². The number of thioether (sulfide) groups is 1. The van der Waals surface area contributed by atoms with E-state index in [1.54, 1.807) is 12.1 Å². The fourth-order valence-electron chi connectivity index (χ4n) is 10.8. The summed E-state index contributed by atoms with van der Waals surface area (Å²) in [4.78, 5) is 16.6. The summed E-state index contributed by atoms with van der Waals surface area (Å²) in [5.74, 6) is -0.685. The van der Waals surface area contributed by atoms with E-state index in [1.807, 2.05) is 136 Å². The molecule has 1 unspecified atom stereocenters. The number of alkyl halides is 3. The summed E-state index contributed by atoms with van der Waals surface area (Å²) in [5.41, 5.74) is -2.53. The SMILES string of the molecule is CN(CCO[Si](c1ccccc1)(c1ccccc1)C(C)(C)C)CC[C@H](CSc1ccccc1)Nc1ccc(S(=O)(=O)NC(=O)c2ccc(N3CCC([C@@H](N[S+]([O-])C(C)(C)C)c4ccccc4-c4ccc(Cl)cc4)CC3)cc2)cc1S(=O)(=O)C(F)(F)F. The summed E-state index contributed by atoms with van der Waals surface area (Å²) in [6.45, 7) is 14.9. The molecule has 8 rings (SSSR count). The highest BCUT2D eigenvalue weighted by Crippen LogP contribution is 2.41. The number of carbonyl (C=O) groups excluding carboxylic acids is 1. The summed E-state index contributed by atoms with van der Waals surface area (Å²) in [7, 11) is -12.0. The molecule has 0 spiro atoms. The van der Waals surface area contributed by atoms with E-state index in [4.69, 9.17) is 16.0 Å². The second-order valence-electron chi connectivity index (χ2n) is 23.6. The Hall–Kier alpha value is -5.65. The number of amides is 1. The number of carbonyl (C=O) groups is 1. The fourth-order valence-corrected chi connectivity index (χ4v) is 19.4. The van der Waals surface area contributed by atoms with Crippen molar-refractivity contribution in [3.8, 4) is 11.1 Å². The fraction of sp³-hybridized carbons (Fsp3) is 0.338. The van der Waals surface area contributed by atoms with E-state index in [0.29, 0.717) is 56.0 Å². The van der Waals surface area contributed by atoms with Crippen molar-refractivity contribution in [2.24, 2.45) is 5.92 Å². The lowest BCUT2D eigenvalue weighted by Crippen LogP contribution is -2.67. The molecule has 0 aromatic heterocycles. The molecule has 7 aromatic carbocycles. The number of sulfonamides is 1. The maximum atomic E-state index is 14.6. The van der Waals surface area contributed by atoms with Gasteiger partial charge in [-0.2, -0.15) is 13.2 Å². The van der Waals surface area contributed by atoms with E-state index < -0.39 is 77.2 Å². The highest BCUT2D eigenvalue weighted by molar-refractivity contribution is 7.99. The number of halogens is 4. The molecule has 1 aliphatic rings. The Morgan fingerprint density at radius 2 is 1.34 bits per heavy atom. The van der Waals surface area contributed by atoms with Crippen LogP contribution in [0, 0.1) is 5.92 Å². The van der Waals surface area contributed by atoms with E-state index in [0.717, 1.165) is 62.6 Å². The van der Waals surface area contributed by atoms with Gasteiger partial charge < -0.3 is 24.1 Å². The van der Waals surface area contributed by atoms with Crippen LogP contribution in [-0.4, -0.2) is 102 Å². The smallest absolute Gasteiger partial charge is 0.501 e. The molecular formula is C65H75ClF3N5O7S4Si. The van der Waals surface area contributed by atoms with Crippen LogP contribution in [0.15, 0.2) is 197 Å². The molecule has 12 nitrogen and oxygen atoms in total. The van der Waals surface area contributed by atoms with Crippen molar-refractivity contribution in [2.45, 2.75) is 103 Å². The number of anilines is 2. The minimum atomic E-state index is -6.16. The number of hydrogen-bond acceptors (Lipinski definition) is 12.